The number of aromatic nitrogens is 4. The van der Waals surface area contributed by atoms with E-state index in [1.165, 1.54) is 0 Å². The van der Waals surface area contributed by atoms with Crippen LogP contribution in [-0.4, -0.2) is 45.3 Å². The van der Waals surface area contributed by atoms with Crippen molar-refractivity contribution in [2.75, 3.05) is 13.2 Å². The number of ether oxygens (including phenoxy) is 4. The SMILES string of the molecule is CC1(C)OC[C@H](CCCOc2nc(Oc3ccc(F)cc3F)nc3[nH]nc(-c4ccccc4Cl)c23)O1. The number of hydrogen-bond donors (Lipinski definition) is 1. The summed E-state index contributed by atoms with van der Waals surface area (Å²) in [7, 11) is 0. The van der Waals surface area contributed by atoms with E-state index in [-0.39, 0.29) is 23.7 Å². The van der Waals surface area contributed by atoms with E-state index in [9.17, 15) is 8.78 Å². The van der Waals surface area contributed by atoms with Crippen LogP contribution in [-0.2, 0) is 9.47 Å². The smallest absolute Gasteiger partial charge is 0.327 e. The summed E-state index contributed by atoms with van der Waals surface area (Å²) in [5, 5.41) is 8.19. The molecule has 0 unspecified atom stereocenters. The first kappa shape index (κ1) is 24.4. The van der Waals surface area contributed by atoms with Gasteiger partial charge in [0, 0.05) is 11.6 Å². The van der Waals surface area contributed by atoms with Crippen molar-refractivity contribution in [3.8, 4) is 28.9 Å². The maximum absolute atomic E-state index is 14.2. The molecule has 2 aromatic heterocycles. The Kier molecular flexibility index (Phi) is 6.74. The first-order chi connectivity index (χ1) is 17.3. The number of hydrogen-bond acceptors (Lipinski definition) is 7. The molecule has 1 N–H and O–H groups in total. The zero-order valence-electron chi connectivity index (χ0n) is 19.6. The van der Waals surface area contributed by atoms with Crippen LogP contribution in [0.2, 0.25) is 5.02 Å². The molecule has 3 heterocycles. The Bertz CT molecular complexity index is 1400. The summed E-state index contributed by atoms with van der Waals surface area (Å²) in [5.41, 5.74) is 1.47. The van der Waals surface area contributed by atoms with Crippen LogP contribution < -0.4 is 9.47 Å². The standard InChI is InChI=1S/C25H23ClF2N4O4/c1-25(2)34-13-15(36-25)6-5-11-33-23-20-21(16-7-3-4-8-17(16)26)31-32-22(20)29-24(30-23)35-19-10-9-14(27)12-18(19)28/h3-4,7-10,12,15H,5-6,11,13H2,1-2H3,(H,29,30,31,32)/t15-/m0/s1. The number of halogens is 3. The third-order valence-electron chi connectivity index (χ3n) is 5.57. The van der Waals surface area contributed by atoms with Crippen LogP contribution in [0.4, 0.5) is 8.78 Å². The van der Waals surface area contributed by atoms with Crippen LogP contribution >= 0.6 is 11.6 Å². The zero-order chi connectivity index (χ0) is 25.3. The van der Waals surface area contributed by atoms with Gasteiger partial charge >= 0.3 is 6.01 Å². The molecule has 0 amide bonds. The Balaban J connectivity index is 1.43. The minimum Gasteiger partial charge on any atom is -0.477 e. The summed E-state index contributed by atoms with van der Waals surface area (Å²) in [6, 6.07) is 9.98. The minimum atomic E-state index is -0.885. The van der Waals surface area contributed by atoms with Crippen molar-refractivity contribution in [3.63, 3.8) is 0 Å². The number of nitrogens with zero attached hydrogens (tertiary/aromatic N) is 3. The molecular weight excluding hydrogens is 494 g/mol. The van der Waals surface area contributed by atoms with Gasteiger partial charge in [-0.05, 0) is 44.9 Å². The van der Waals surface area contributed by atoms with E-state index in [0.717, 1.165) is 18.6 Å². The minimum absolute atomic E-state index is 0.0259. The first-order valence-electron chi connectivity index (χ1n) is 11.4. The normalized spacial score (nSPS) is 17.0. The van der Waals surface area contributed by atoms with Crippen molar-refractivity contribution in [1.29, 1.82) is 0 Å². The molecular formula is C25H23ClF2N4O4. The summed E-state index contributed by atoms with van der Waals surface area (Å²) < 4.78 is 50.4. The largest absolute Gasteiger partial charge is 0.477 e. The van der Waals surface area contributed by atoms with Crippen molar-refractivity contribution >= 4 is 22.6 Å². The molecule has 0 spiro atoms. The van der Waals surface area contributed by atoms with Gasteiger partial charge in [0.15, 0.2) is 23.0 Å². The summed E-state index contributed by atoms with van der Waals surface area (Å²) in [6.07, 6.45) is 1.37. The van der Waals surface area contributed by atoms with E-state index in [1.807, 2.05) is 32.0 Å². The molecule has 1 saturated heterocycles. The van der Waals surface area contributed by atoms with Gasteiger partial charge in [-0.25, -0.2) is 8.78 Å². The van der Waals surface area contributed by atoms with Gasteiger partial charge in [-0.1, -0.05) is 29.8 Å². The van der Waals surface area contributed by atoms with Crippen molar-refractivity contribution in [1.82, 2.24) is 20.2 Å². The van der Waals surface area contributed by atoms with Crippen molar-refractivity contribution < 1.29 is 27.7 Å². The number of nitrogens with one attached hydrogen (secondary N) is 1. The summed E-state index contributed by atoms with van der Waals surface area (Å²) in [6.45, 7) is 4.58. The van der Waals surface area contributed by atoms with Crippen molar-refractivity contribution in [2.24, 2.45) is 0 Å². The third-order valence-corrected chi connectivity index (χ3v) is 5.90. The fraction of sp³-hybridized carbons (Fsp3) is 0.320. The second-order valence-electron chi connectivity index (χ2n) is 8.71. The third kappa shape index (κ3) is 5.25. The molecule has 36 heavy (non-hydrogen) atoms. The molecule has 0 saturated carbocycles. The zero-order valence-corrected chi connectivity index (χ0v) is 20.3. The van der Waals surface area contributed by atoms with Gasteiger partial charge in [0.1, 0.15) is 16.9 Å². The predicted octanol–water partition coefficient (Wildman–Crippen LogP) is 6.05. The van der Waals surface area contributed by atoms with E-state index >= 15 is 0 Å². The molecule has 1 fully saturated rings. The first-order valence-corrected chi connectivity index (χ1v) is 11.8. The monoisotopic (exact) mass is 516 g/mol. The highest BCUT2D eigenvalue weighted by Gasteiger charge is 2.32. The fourth-order valence-electron chi connectivity index (χ4n) is 3.92. The van der Waals surface area contributed by atoms with Crippen LogP contribution in [0, 0.1) is 11.6 Å². The van der Waals surface area contributed by atoms with Crippen LogP contribution in [0.1, 0.15) is 26.7 Å². The Morgan fingerprint density at radius 3 is 2.75 bits per heavy atom. The molecule has 1 atom stereocenters. The maximum atomic E-state index is 14.2. The molecule has 0 aliphatic carbocycles. The van der Waals surface area contributed by atoms with Gasteiger partial charge in [-0.2, -0.15) is 15.1 Å². The lowest BCUT2D eigenvalue weighted by Crippen LogP contribution is -2.21. The number of fused-ring (bicyclic) bond motifs is 1. The number of benzene rings is 2. The van der Waals surface area contributed by atoms with Crippen molar-refractivity contribution in [2.45, 2.75) is 38.6 Å². The molecule has 0 radical (unpaired) electrons. The summed E-state index contributed by atoms with van der Waals surface area (Å²) in [4.78, 5) is 8.67. The van der Waals surface area contributed by atoms with E-state index in [2.05, 4.69) is 20.2 Å². The lowest BCUT2D eigenvalue weighted by Gasteiger charge is -2.17. The number of H-pyrrole nitrogens is 1. The number of rotatable bonds is 8. The second kappa shape index (κ2) is 9.96. The van der Waals surface area contributed by atoms with Crippen LogP contribution in [0.3, 0.4) is 0 Å². The molecule has 1 aliphatic rings. The molecule has 188 valence electrons. The topological polar surface area (TPSA) is 91.4 Å². The molecule has 11 heteroatoms. The van der Waals surface area contributed by atoms with E-state index in [1.54, 1.807) is 6.07 Å². The quantitative estimate of drug-likeness (QED) is 0.285. The highest BCUT2D eigenvalue weighted by molar-refractivity contribution is 6.33. The highest BCUT2D eigenvalue weighted by atomic mass is 35.5. The molecule has 1 aliphatic heterocycles. The maximum Gasteiger partial charge on any atom is 0.327 e. The Morgan fingerprint density at radius 1 is 1.17 bits per heavy atom. The number of aromatic amines is 1. The van der Waals surface area contributed by atoms with Gasteiger partial charge < -0.3 is 18.9 Å². The van der Waals surface area contributed by atoms with Gasteiger partial charge in [0.25, 0.3) is 0 Å². The molecule has 2 aromatic carbocycles. The Morgan fingerprint density at radius 2 is 2.00 bits per heavy atom. The van der Waals surface area contributed by atoms with Crippen molar-refractivity contribution in [3.05, 3.63) is 59.1 Å². The summed E-state index contributed by atoms with van der Waals surface area (Å²) >= 11 is 6.40. The fourth-order valence-corrected chi connectivity index (χ4v) is 4.14. The van der Waals surface area contributed by atoms with Gasteiger partial charge in [-0.15, -0.1) is 0 Å². The second-order valence-corrected chi connectivity index (χ2v) is 9.11. The van der Waals surface area contributed by atoms with E-state index in [0.29, 0.717) is 53.0 Å². The molecule has 0 bridgehead atoms. The highest BCUT2D eigenvalue weighted by Crippen LogP contribution is 2.37. The lowest BCUT2D eigenvalue weighted by atomic mass is 10.1. The van der Waals surface area contributed by atoms with Crippen LogP contribution in [0.5, 0.6) is 17.6 Å². The van der Waals surface area contributed by atoms with E-state index < -0.39 is 17.4 Å². The predicted molar refractivity (Wildman–Crippen MR) is 128 cm³/mol. The lowest BCUT2D eigenvalue weighted by molar-refractivity contribution is -0.139. The van der Waals surface area contributed by atoms with Crippen LogP contribution in [0.25, 0.3) is 22.3 Å². The van der Waals surface area contributed by atoms with Crippen LogP contribution in [0.15, 0.2) is 42.5 Å². The Hall–Kier alpha value is -3.34. The summed E-state index contributed by atoms with van der Waals surface area (Å²) in [5.74, 6) is -2.24. The average Bonchev–Trinajstić information content (AvgIpc) is 3.41. The average molecular weight is 517 g/mol. The molecule has 5 rings (SSSR count). The van der Waals surface area contributed by atoms with Gasteiger partial charge in [0.2, 0.25) is 5.88 Å². The van der Waals surface area contributed by atoms with Gasteiger partial charge in [-0.3, -0.25) is 5.10 Å². The Labute approximate surface area is 210 Å². The molecule has 8 nitrogen and oxygen atoms in total. The molecule has 4 aromatic rings. The van der Waals surface area contributed by atoms with Gasteiger partial charge in [0.05, 0.1) is 24.3 Å². The van der Waals surface area contributed by atoms with E-state index in [4.69, 9.17) is 30.5 Å².